The minimum atomic E-state index is -1.28. The Morgan fingerprint density at radius 2 is 1.93 bits per heavy atom. The number of aromatic nitrogens is 2. The standard InChI is InChI=1S/C28H41N5O6Si/c1-28(2,3)39-27(36)32-21-10-8-9-11-24(34)30-22-16-19(29-26(35)37-4)12-13-20(22)23-17-33(25(21)31-23)18-38-14-15-40(5,6)7/h8-9,12-13,16-17,21H,10-11,14-15,18H2,1-7H3,(H,29,35)(H,30,34)(H,32,36). The summed E-state index contributed by atoms with van der Waals surface area (Å²) in [4.78, 5) is 42.2. The van der Waals surface area contributed by atoms with Crippen molar-refractivity contribution >= 4 is 37.5 Å². The van der Waals surface area contributed by atoms with Gasteiger partial charge in [-0.3, -0.25) is 10.1 Å². The highest BCUT2D eigenvalue weighted by atomic mass is 28.3. The van der Waals surface area contributed by atoms with Crippen molar-refractivity contribution in [3.63, 3.8) is 0 Å². The Morgan fingerprint density at radius 1 is 1.18 bits per heavy atom. The molecule has 3 N–H and O–H groups in total. The molecule has 0 fully saturated rings. The molecule has 11 nitrogen and oxygen atoms in total. The number of ether oxygens (including phenoxy) is 3. The first-order chi connectivity index (χ1) is 18.7. The molecule has 0 spiro atoms. The van der Waals surface area contributed by atoms with Crippen LogP contribution in [0, 0.1) is 0 Å². The average Bonchev–Trinajstić information content (AvgIpc) is 3.25. The molecule has 2 heterocycles. The number of nitrogens with one attached hydrogen (secondary N) is 3. The van der Waals surface area contributed by atoms with Crippen molar-refractivity contribution in [2.75, 3.05) is 24.4 Å². The zero-order valence-corrected chi connectivity index (χ0v) is 25.4. The Labute approximate surface area is 236 Å². The van der Waals surface area contributed by atoms with E-state index in [1.807, 2.05) is 16.8 Å². The van der Waals surface area contributed by atoms with Gasteiger partial charge in [0.25, 0.3) is 0 Å². The average molecular weight is 572 g/mol. The second kappa shape index (κ2) is 13.1. The van der Waals surface area contributed by atoms with E-state index in [2.05, 4.69) is 35.6 Å². The number of benzene rings is 1. The number of methoxy groups -OCH3 is 1. The Bertz CT molecular complexity index is 1240. The van der Waals surface area contributed by atoms with Crippen LogP contribution in [0.2, 0.25) is 25.7 Å². The van der Waals surface area contributed by atoms with Crippen LogP contribution in [0.25, 0.3) is 11.3 Å². The predicted octanol–water partition coefficient (Wildman–Crippen LogP) is 5.90. The molecule has 40 heavy (non-hydrogen) atoms. The number of hydrogen-bond acceptors (Lipinski definition) is 7. The van der Waals surface area contributed by atoms with Crippen molar-refractivity contribution in [2.24, 2.45) is 0 Å². The largest absolute Gasteiger partial charge is 0.453 e. The number of carbonyl (C=O) groups excluding carboxylic acids is 3. The van der Waals surface area contributed by atoms with Crippen molar-refractivity contribution in [1.82, 2.24) is 14.9 Å². The van der Waals surface area contributed by atoms with Crippen LogP contribution in [-0.2, 0) is 25.7 Å². The van der Waals surface area contributed by atoms with E-state index in [-0.39, 0.29) is 19.1 Å². The van der Waals surface area contributed by atoms with Gasteiger partial charge in [0, 0.05) is 38.5 Å². The summed E-state index contributed by atoms with van der Waals surface area (Å²) in [6.45, 7) is 13.1. The zero-order valence-electron chi connectivity index (χ0n) is 24.4. The topological polar surface area (TPSA) is 133 Å². The molecule has 2 bridgehead atoms. The van der Waals surface area contributed by atoms with Gasteiger partial charge < -0.3 is 29.4 Å². The Balaban J connectivity index is 2.04. The van der Waals surface area contributed by atoms with Gasteiger partial charge in [0.1, 0.15) is 18.2 Å². The maximum absolute atomic E-state index is 12.8. The highest BCUT2D eigenvalue weighted by Gasteiger charge is 2.26. The molecule has 1 aliphatic rings. The summed E-state index contributed by atoms with van der Waals surface area (Å²) in [6.07, 6.45) is 4.76. The van der Waals surface area contributed by atoms with E-state index < -0.39 is 31.9 Å². The van der Waals surface area contributed by atoms with Crippen LogP contribution < -0.4 is 16.0 Å². The van der Waals surface area contributed by atoms with Crippen LogP contribution in [0.3, 0.4) is 0 Å². The quantitative estimate of drug-likeness (QED) is 0.214. The van der Waals surface area contributed by atoms with E-state index in [9.17, 15) is 14.4 Å². The fourth-order valence-electron chi connectivity index (χ4n) is 3.90. The smallest absolute Gasteiger partial charge is 0.411 e. The van der Waals surface area contributed by atoms with E-state index in [1.54, 1.807) is 45.0 Å². The Morgan fingerprint density at radius 3 is 2.60 bits per heavy atom. The Kier molecular flexibility index (Phi) is 10.1. The number of hydrogen-bond donors (Lipinski definition) is 3. The summed E-state index contributed by atoms with van der Waals surface area (Å²) in [7, 11) is -0.00755. The first kappa shape index (κ1) is 30.9. The molecule has 12 heteroatoms. The maximum atomic E-state index is 12.8. The van der Waals surface area contributed by atoms with Crippen molar-refractivity contribution in [2.45, 2.75) is 77.7 Å². The predicted molar refractivity (Wildman–Crippen MR) is 157 cm³/mol. The van der Waals surface area contributed by atoms with E-state index in [0.29, 0.717) is 41.5 Å². The van der Waals surface area contributed by atoms with Crippen molar-refractivity contribution in [3.05, 3.63) is 42.4 Å². The molecular weight excluding hydrogens is 530 g/mol. The van der Waals surface area contributed by atoms with Gasteiger partial charge in [-0.15, -0.1) is 0 Å². The molecule has 3 amide bonds. The van der Waals surface area contributed by atoms with Gasteiger partial charge in [-0.2, -0.15) is 0 Å². The molecule has 1 aromatic carbocycles. The zero-order chi connectivity index (χ0) is 29.5. The molecule has 1 aliphatic heterocycles. The molecule has 0 saturated carbocycles. The third-order valence-electron chi connectivity index (χ3n) is 5.88. The molecule has 1 aromatic heterocycles. The van der Waals surface area contributed by atoms with Crippen LogP contribution in [0.1, 0.15) is 45.5 Å². The van der Waals surface area contributed by atoms with Crippen LogP contribution in [-0.4, -0.2) is 55.0 Å². The number of nitrogens with zero attached hydrogens (tertiary/aromatic N) is 2. The van der Waals surface area contributed by atoms with Crippen LogP contribution in [0.15, 0.2) is 36.5 Å². The molecule has 2 aromatic rings. The van der Waals surface area contributed by atoms with Gasteiger partial charge in [-0.05, 0) is 51.4 Å². The number of rotatable bonds is 7. The number of imidazole rings is 1. The van der Waals surface area contributed by atoms with Crippen LogP contribution >= 0.6 is 0 Å². The van der Waals surface area contributed by atoms with Gasteiger partial charge in [0.15, 0.2) is 0 Å². The lowest BCUT2D eigenvalue weighted by Gasteiger charge is -2.23. The highest BCUT2D eigenvalue weighted by Crippen LogP contribution is 2.33. The lowest BCUT2D eigenvalue weighted by molar-refractivity contribution is -0.115. The lowest BCUT2D eigenvalue weighted by atomic mass is 10.1. The molecule has 0 saturated heterocycles. The fourth-order valence-corrected chi connectivity index (χ4v) is 4.66. The molecular formula is C28H41N5O6Si. The van der Waals surface area contributed by atoms with Crippen molar-refractivity contribution in [3.8, 4) is 11.3 Å². The maximum Gasteiger partial charge on any atom is 0.411 e. The minimum Gasteiger partial charge on any atom is -0.453 e. The van der Waals surface area contributed by atoms with Crippen LogP contribution in [0.5, 0.6) is 0 Å². The van der Waals surface area contributed by atoms with E-state index in [1.165, 1.54) is 7.11 Å². The van der Waals surface area contributed by atoms with Gasteiger partial charge in [0.05, 0.1) is 24.5 Å². The number of fused-ring (bicyclic) bond motifs is 4. The molecule has 1 unspecified atom stereocenters. The lowest BCUT2D eigenvalue weighted by Crippen LogP contribution is -2.36. The molecule has 1 atom stereocenters. The van der Waals surface area contributed by atoms with Crippen molar-refractivity contribution in [1.29, 1.82) is 0 Å². The fraction of sp³-hybridized carbons (Fsp3) is 0.500. The number of alkyl carbamates (subject to hydrolysis) is 1. The van der Waals surface area contributed by atoms with Gasteiger partial charge in [-0.1, -0.05) is 31.8 Å². The summed E-state index contributed by atoms with van der Waals surface area (Å²) in [5, 5.41) is 8.48. The first-order valence-electron chi connectivity index (χ1n) is 13.3. The van der Waals surface area contributed by atoms with Crippen molar-refractivity contribution < 1.29 is 28.6 Å². The van der Waals surface area contributed by atoms with Gasteiger partial charge in [0.2, 0.25) is 5.91 Å². The molecule has 0 radical (unpaired) electrons. The monoisotopic (exact) mass is 571 g/mol. The summed E-state index contributed by atoms with van der Waals surface area (Å²) in [5.74, 6) is 0.354. The summed E-state index contributed by atoms with van der Waals surface area (Å²) in [6, 6.07) is 5.59. The number of carbonyl (C=O) groups is 3. The molecule has 0 aliphatic carbocycles. The SMILES string of the molecule is COC(=O)Nc1ccc2c(c1)NC(=O)CC=CCC(NC(=O)OC(C)(C)C)c1nc-2cn1COCC[Si](C)(C)C. The second-order valence-electron chi connectivity index (χ2n) is 11.8. The second-order valence-corrected chi connectivity index (χ2v) is 17.5. The van der Waals surface area contributed by atoms with E-state index in [4.69, 9.17) is 19.2 Å². The summed E-state index contributed by atoms with van der Waals surface area (Å²) < 4.78 is 18.1. The first-order valence-corrected chi connectivity index (χ1v) is 17.0. The number of amides is 3. The molecule has 3 rings (SSSR count). The highest BCUT2D eigenvalue weighted by molar-refractivity contribution is 6.76. The normalized spacial score (nSPS) is 15.7. The summed E-state index contributed by atoms with van der Waals surface area (Å²) in [5.41, 5.74) is 1.47. The van der Waals surface area contributed by atoms with Gasteiger partial charge in [-0.25, -0.2) is 14.6 Å². The van der Waals surface area contributed by atoms with Gasteiger partial charge >= 0.3 is 12.2 Å². The van der Waals surface area contributed by atoms with Crippen LogP contribution in [0.4, 0.5) is 21.0 Å². The summed E-state index contributed by atoms with van der Waals surface area (Å²) >= 11 is 0. The third kappa shape index (κ3) is 9.52. The van der Waals surface area contributed by atoms with E-state index in [0.717, 1.165) is 6.04 Å². The minimum absolute atomic E-state index is 0.127. The number of anilines is 2. The van der Waals surface area contributed by atoms with E-state index >= 15 is 0 Å². The Hall–Kier alpha value is -3.64. The molecule has 218 valence electrons. The third-order valence-corrected chi connectivity index (χ3v) is 7.58.